The first kappa shape index (κ1) is 22.9. The highest BCUT2D eigenvalue weighted by molar-refractivity contribution is 6.27. The molecular formula is C39H21N3. The molecule has 8 aromatic rings. The van der Waals surface area contributed by atoms with Gasteiger partial charge in [0.2, 0.25) is 0 Å². The molecule has 192 valence electrons. The average molecular weight is 532 g/mol. The zero-order chi connectivity index (χ0) is 27.8. The van der Waals surface area contributed by atoms with E-state index in [1.165, 1.54) is 60.1 Å². The van der Waals surface area contributed by atoms with Gasteiger partial charge in [-0.05, 0) is 148 Å². The Hall–Kier alpha value is -5.85. The molecule has 9 rings (SSSR count). The van der Waals surface area contributed by atoms with E-state index in [0.717, 1.165) is 27.5 Å². The topological polar surface area (TPSA) is 49.6 Å². The Kier molecular flexibility index (Phi) is 4.68. The van der Waals surface area contributed by atoms with E-state index in [0.29, 0.717) is 5.56 Å². The van der Waals surface area contributed by atoms with Crippen molar-refractivity contribution in [1.82, 2.24) is 9.97 Å². The van der Waals surface area contributed by atoms with E-state index < -0.39 is 0 Å². The lowest BCUT2D eigenvalue weighted by Gasteiger charge is -2.17. The summed E-state index contributed by atoms with van der Waals surface area (Å²) in [5.41, 5.74) is 10.3. The summed E-state index contributed by atoms with van der Waals surface area (Å²) >= 11 is 0. The third kappa shape index (κ3) is 3.15. The monoisotopic (exact) mass is 531 g/mol. The fourth-order valence-corrected chi connectivity index (χ4v) is 6.94. The van der Waals surface area contributed by atoms with Crippen LogP contribution in [0.25, 0.3) is 87.6 Å². The highest BCUT2D eigenvalue weighted by Crippen LogP contribution is 2.51. The molecule has 0 aliphatic heterocycles. The van der Waals surface area contributed by atoms with Crippen molar-refractivity contribution in [2.24, 2.45) is 0 Å². The van der Waals surface area contributed by atoms with Gasteiger partial charge in [0.25, 0.3) is 0 Å². The molecule has 0 amide bonds. The van der Waals surface area contributed by atoms with Gasteiger partial charge in [-0.1, -0.05) is 42.5 Å². The number of pyridine rings is 2. The van der Waals surface area contributed by atoms with Crippen molar-refractivity contribution < 1.29 is 0 Å². The van der Waals surface area contributed by atoms with Crippen molar-refractivity contribution in [3.8, 4) is 50.6 Å². The number of hydrogen-bond donors (Lipinski definition) is 0. The third-order valence-corrected chi connectivity index (χ3v) is 8.80. The standard InChI is InChI=1S/C39H21N3/c40-22-23-7-8-27-32(17-23)30(24-9-13-41-14-10-24)19-37-33(27)18-31(25-11-15-42-16-12-25)36-20-34-28-5-1-3-26-4-2-6-29(39(26)28)35(34)21-38(36)37/h1-21H. The number of rotatable bonds is 2. The summed E-state index contributed by atoms with van der Waals surface area (Å²) in [4.78, 5) is 8.56. The number of nitrogens with zero attached hydrogens (tertiary/aromatic N) is 3. The van der Waals surface area contributed by atoms with E-state index in [9.17, 15) is 5.26 Å². The predicted octanol–water partition coefficient (Wildman–Crippen LogP) is 9.94. The van der Waals surface area contributed by atoms with E-state index in [-0.39, 0.29) is 0 Å². The van der Waals surface area contributed by atoms with Gasteiger partial charge in [-0.3, -0.25) is 9.97 Å². The molecule has 0 saturated heterocycles. The highest BCUT2D eigenvalue weighted by Gasteiger charge is 2.24. The molecule has 42 heavy (non-hydrogen) atoms. The summed E-state index contributed by atoms with van der Waals surface area (Å²) in [6.45, 7) is 0. The number of benzene rings is 6. The number of nitriles is 1. The van der Waals surface area contributed by atoms with Crippen LogP contribution in [0.1, 0.15) is 5.56 Å². The molecule has 0 fully saturated rings. The molecule has 3 heteroatoms. The minimum absolute atomic E-state index is 0.649. The van der Waals surface area contributed by atoms with Gasteiger partial charge < -0.3 is 0 Å². The summed E-state index contributed by atoms with van der Waals surface area (Å²) in [5, 5.41) is 19.3. The van der Waals surface area contributed by atoms with Gasteiger partial charge in [-0.25, -0.2) is 0 Å². The lowest BCUT2D eigenvalue weighted by molar-refractivity contribution is 1.33. The Morgan fingerprint density at radius 1 is 0.429 bits per heavy atom. The second-order valence-corrected chi connectivity index (χ2v) is 10.9. The van der Waals surface area contributed by atoms with Crippen LogP contribution in [-0.2, 0) is 0 Å². The van der Waals surface area contributed by atoms with E-state index in [2.05, 4.69) is 94.9 Å². The van der Waals surface area contributed by atoms with Gasteiger partial charge in [0.05, 0.1) is 11.6 Å². The first-order valence-electron chi connectivity index (χ1n) is 14.0. The van der Waals surface area contributed by atoms with E-state index in [1.807, 2.05) is 49.1 Å². The van der Waals surface area contributed by atoms with Crippen molar-refractivity contribution in [3.63, 3.8) is 0 Å². The molecule has 3 nitrogen and oxygen atoms in total. The highest BCUT2D eigenvalue weighted by atomic mass is 14.6. The SMILES string of the molecule is N#Cc1ccc2c(c1)c(-c1ccncc1)cc1c3cc4c(cc3c(-c3ccncc3)cc21)-c1cccc2cccc-4c12. The largest absolute Gasteiger partial charge is 0.265 e. The second-order valence-electron chi connectivity index (χ2n) is 10.9. The van der Waals surface area contributed by atoms with Crippen LogP contribution in [0.5, 0.6) is 0 Å². The van der Waals surface area contributed by atoms with Gasteiger partial charge in [-0.15, -0.1) is 0 Å². The third-order valence-electron chi connectivity index (χ3n) is 8.80. The molecule has 0 unspecified atom stereocenters. The Morgan fingerprint density at radius 3 is 1.52 bits per heavy atom. The Balaban J connectivity index is 1.49. The minimum atomic E-state index is 0.649. The Bertz CT molecular complexity index is 2450. The Labute approximate surface area is 242 Å². The molecule has 0 saturated carbocycles. The molecule has 0 N–H and O–H groups in total. The van der Waals surface area contributed by atoms with Crippen LogP contribution >= 0.6 is 0 Å². The first-order chi connectivity index (χ1) is 20.8. The van der Waals surface area contributed by atoms with Crippen molar-refractivity contribution in [2.75, 3.05) is 0 Å². The quantitative estimate of drug-likeness (QED) is 0.209. The zero-order valence-electron chi connectivity index (χ0n) is 22.5. The van der Waals surface area contributed by atoms with Crippen molar-refractivity contribution in [1.29, 1.82) is 5.26 Å². The predicted molar refractivity (Wildman–Crippen MR) is 172 cm³/mol. The normalized spacial score (nSPS) is 11.8. The summed E-state index contributed by atoms with van der Waals surface area (Å²) < 4.78 is 0. The molecule has 2 heterocycles. The summed E-state index contributed by atoms with van der Waals surface area (Å²) in [6, 6.07) is 39.3. The lowest BCUT2D eigenvalue weighted by Crippen LogP contribution is -1.91. The van der Waals surface area contributed by atoms with Gasteiger partial charge in [0.1, 0.15) is 0 Å². The van der Waals surface area contributed by atoms with Crippen LogP contribution in [0.3, 0.4) is 0 Å². The zero-order valence-corrected chi connectivity index (χ0v) is 22.5. The van der Waals surface area contributed by atoms with E-state index in [1.54, 1.807) is 0 Å². The van der Waals surface area contributed by atoms with E-state index in [4.69, 9.17) is 0 Å². The van der Waals surface area contributed by atoms with Gasteiger partial charge >= 0.3 is 0 Å². The second kappa shape index (κ2) is 8.57. The molecule has 0 radical (unpaired) electrons. The van der Waals surface area contributed by atoms with Gasteiger partial charge in [0.15, 0.2) is 0 Å². The number of hydrogen-bond acceptors (Lipinski definition) is 3. The maximum atomic E-state index is 9.77. The van der Waals surface area contributed by atoms with Crippen LogP contribution in [0.15, 0.2) is 128 Å². The molecule has 0 atom stereocenters. The summed E-state index contributed by atoms with van der Waals surface area (Å²) in [5.74, 6) is 0. The minimum Gasteiger partial charge on any atom is -0.265 e. The van der Waals surface area contributed by atoms with E-state index >= 15 is 0 Å². The molecule has 6 aromatic carbocycles. The fraction of sp³-hybridized carbons (Fsp3) is 0. The Morgan fingerprint density at radius 2 is 0.929 bits per heavy atom. The summed E-state index contributed by atoms with van der Waals surface area (Å²) in [7, 11) is 0. The van der Waals surface area contributed by atoms with Crippen molar-refractivity contribution in [3.05, 3.63) is 133 Å². The fourth-order valence-electron chi connectivity index (χ4n) is 6.94. The van der Waals surface area contributed by atoms with Crippen LogP contribution in [0, 0.1) is 11.3 Å². The van der Waals surface area contributed by atoms with Gasteiger partial charge in [0, 0.05) is 24.8 Å². The smallest absolute Gasteiger partial charge is 0.0991 e. The van der Waals surface area contributed by atoms with Gasteiger partial charge in [-0.2, -0.15) is 5.26 Å². The van der Waals surface area contributed by atoms with Crippen LogP contribution in [0.4, 0.5) is 0 Å². The summed E-state index contributed by atoms with van der Waals surface area (Å²) in [6.07, 6.45) is 7.38. The maximum absolute atomic E-state index is 9.77. The van der Waals surface area contributed by atoms with Crippen LogP contribution in [0.2, 0.25) is 0 Å². The molecule has 2 aromatic heterocycles. The number of aromatic nitrogens is 2. The lowest BCUT2D eigenvalue weighted by atomic mass is 9.86. The molecular weight excluding hydrogens is 510 g/mol. The molecule has 0 bridgehead atoms. The number of fused-ring (bicyclic) bond motifs is 8. The first-order valence-corrected chi connectivity index (χ1v) is 14.0. The maximum Gasteiger partial charge on any atom is 0.0991 e. The molecule has 1 aliphatic carbocycles. The van der Waals surface area contributed by atoms with Crippen molar-refractivity contribution in [2.45, 2.75) is 0 Å². The molecule has 0 spiro atoms. The molecule has 1 aliphatic rings. The average Bonchev–Trinajstić information content (AvgIpc) is 3.37. The van der Waals surface area contributed by atoms with Crippen LogP contribution < -0.4 is 0 Å². The van der Waals surface area contributed by atoms with Crippen LogP contribution in [-0.4, -0.2) is 9.97 Å². The van der Waals surface area contributed by atoms with Crippen molar-refractivity contribution >= 4 is 43.1 Å².